The van der Waals surface area contributed by atoms with E-state index in [4.69, 9.17) is 5.11 Å². The van der Waals surface area contributed by atoms with Crippen molar-refractivity contribution in [2.45, 2.75) is 26.3 Å². The summed E-state index contributed by atoms with van der Waals surface area (Å²) in [7, 11) is -3.64. The number of hydrogen-bond acceptors (Lipinski definition) is 3. The van der Waals surface area contributed by atoms with Gasteiger partial charge in [0.15, 0.2) is 0 Å². The first-order valence-electron chi connectivity index (χ1n) is 6.91. The highest BCUT2D eigenvalue weighted by molar-refractivity contribution is 7.87. The Morgan fingerprint density at radius 3 is 2.90 bits per heavy atom. The largest absolute Gasteiger partial charge is 0.481 e. The van der Waals surface area contributed by atoms with Crippen LogP contribution in [0.3, 0.4) is 0 Å². The molecule has 1 aromatic carbocycles. The number of carboxylic acids is 1. The summed E-state index contributed by atoms with van der Waals surface area (Å²) in [6.07, 6.45) is 1.10. The van der Waals surface area contributed by atoms with Gasteiger partial charge in [-0.3, -0.25) is 4.79 Å². The maximum absolute atomic E-state index is 12.2. The van der Waals surface area contributed by atoms with Crippen molar-refractivity contribution in [1.29, 1.82) is 0 Å². The van der Waals surface area contributed by atoms with Gasteiger partial charge < -0.3 is 5.11 Å². The third-order valence-corrected chi connectivity index (χ3v) is 5.14. The quantitative estimate of drug-likeness (QED) is 0.853. The molecule has 1 fully saturated rings. The average Bonchev–Trinajstić information content (AvgIpc) is 2.45. The van der Waals surface area contributed by atoms with Crippen LogP contribution in [0.5, 0.6) is 0 Å². The molecule has 21 heavy (non-hydrogen) atoms. The third-order valence-electron chi connectivity index (χ3n) is 3.61. The SMILES string of the molecule is Cc1cccc(CNS(=O)(=O)N2CCCC(C(=O)O)C2)c1. The van der Waals surface area contributed by atoms with Crippen LogP contribution in [-0.4, -0.2) is 36.9 Å². The fraction of sp³-hybridized carbons (Fsp3) is 0.500. The van der Waals surface area contributed by atoms with Crippen molar-refractivity contribution in [2.75, 3.05) is 13.1 Å². The molecule has 0 aliphatic carbocycles. The van der Waals surface area contributed by atoms with E-state index in [1.807, 2.05) is 31.2 Å². The maximum Gasteiger partial charge on any atom is 0.307 e. The van der Waals surface area contributed by atoms with Gasteiger partial charge in [0.2, 0.25) is 0 Å². The number of piperidine rings is 1. The normalized spacial score (nSPS) is 20.3. The van der Waals surface area contributed by atoms with Gasteiger partial charge in [-0.1, -0.05) is 29.8 Å². The molecule has 7 heteroatoms. The van der Waals surface area contributed by atoms with Gasteiger partial charge in [0, 0.05) is 19.6 Å². The first-order chi connectivity index (χ1) is 9.88. The molecule has 0 spiro atoms. The first-order valence-corrected chi connectivity index (χ1v) is 8.35. The summed E-state index contributed by atoms with van der Waals surface area (Å²) < 4.78 is 28.2. The van der Waals surface area contributed by atoms with Crippen molar-refractivity contribution in [3.63, 3.8) is 0 Å². The lowest BCUT2D eigenvalue weighted by Crippen LogP contribution is -2.47. The van der Waals surface area contributed by atoms with E-state index in [9.17, 15) is 13.2 Å². The van der Waals surface area contributed by atoms with Crippen molar-refractivity contribution in [1.82, 2.24) is 9.03 Å². The van der Waals surface area contributed by atoms with Gasteiger partial charge in [-0.15, -0.1) is 0 Å². The van der Waals surface area contributed by atoms with Crippen LogP contribution in [0.15, 0.2) is 24.3 Å². The minimum atomic E-state index is -3.64. The number of aryl methyl sites for hydroxylation is 1. The lowest BCUT2D eigenvalue weighted by Gasteiger charge is -2.29. The molecule has 1 atom stereocenters. The molecular weight excluding hydrogens is 292 g/mol. The molecule has 2 rings (SSSR count). The molecular formula is C14H20N2O4S. The molecule has 0 aromatic heterocycles. The summed E-state index contributed by atoms with van der Waals surface area (Å²) in [5.74, 6) is -1.55. The number of nitrogens with zero attached hydrogens (tertiary/aromatic N) is 1. The van der Waals surface area contributed by atoms with Gasteiger partial charge in [0.05, 0.1) is 5.92 Å². The van der Waals surface area contributed by atoms with Gasteiger partial charge in [0.1, 0.15) is 0 Å². The molecule has 1 saturated heterocycles. The third kappa shape index (κ3) is 4.26. The zero-order chi connectivity index (χ0) is 15.5. The summed E-state index contributed by atoms with van der Waals surface area (Å²) >= 11 is 0. The number of nitrogens with one attached hydrogen (secondary N) is 1. The lowest BCUT2D eigenvalue weighted by atomic mass is 10.0. The van der Waals surface area contributed by atoms with Gasteiger partial charge in [-0.05, 0) is 25.3 Å². The second kappa shape index (κ2) is 6.55. The topological polar surface area (TPSA) is 86.7 Å². The monoisotopic (exact) mass is 312 g/mol. The van der Waals surface area contributed by atoms with E-state index in [1.54, 1.807) is 0 Å². The maximum atomic E-state index is 12.2. The Labute approximate surface area is 125 Å². The molecule has 1 heterocycles. The van der Waals surface area contributed by atoms with Crippen molar-refractivity contribution < 1.29 is 18.3 Å². The first kappa shape index (κ1) is 15.9. The number of hydrogen-bond donors (Lipinski definition) is 2. The predicted molar refractivity (Wildman–Crippen MR) is 78.9 cm³/mol. The van der Waals surface area contributed by atoms with E-state index in [1.165, 1.54) is 4.31 Å². The molecule has 2 N–H and O–H groups in total. The Bertz CT molecular complexity index is 615. The average molecular weight is 312 g/mol. The zero-order valence-corrected chi connectivity index (χ0v) is 12.8. The molecule has 0 radical (unpaired) electrons. The molecule has 1 aliphatic rings. The smallest absolute Gasteiger partial charge is 0.307 e. The van der Waals surface area contributed by atoms with E-state index >= 15 is 0 Å². The highest BCUT2D eigenvalue weighted by Gasteiger charge is 2.31. The second-order valence-electron chi connectivity index (χ2n) is 5.35. The zero-order valence-electron chi connectivity index (χ0n) is 11.9. The summed E-state index contributed by atoms with van der Waals surface area (Å²) in [4.78, 5) is 11.0. The highest BCUT2D eigenvalue weighted by atomic mass is 32.2. The van der Waals surface area contributed by atoms with Crippen LogP contribution in [0.2, 0.25) is 0 Å². The van der Waals surface area contributed by atoms with Gasteiger partial charge >= 0.3 is 5.97 Å². The summed E-state index contributed by atoms with van der Waals surface area (Å²) in [6, 6.07) is 7.59. The lowest BCUT2D eigenvalue weighted by molar-refractivity contribution is -0.142. The number of carboxylic acid groups (broad SMARTS) is 1. The van der Waals surface area contributed by atoms with Crippen LogP contribution in [0, 0.1) is 12.8 Å². The summed E-state index contributed by atoms with van der Waals surface area (Å²) in [5, 5.41) is 9.02. The van der Waals surface area contributed by atoms with Crippen LogP contribution in [0.4, 0.5) is 0 Å². The second-order valence-corrected chi connectivity index (χ2v) is 7.11. The standard InChI is InChI=1S/C14H20N2O4S/c1-11-4-2-5-12(8-11)9-15-21(19,20)16-7-3-6-13(10-16)14(17)18/h2,4-5,8,13,15H,3,6-7,9-10H2,1H3,(H,17,18). The van der Waals surface area contributed by atoms with Crippen molar-refractivity contribution in [3.05, 3.63) is 35.4 Å². The Morgan fingerprint density at radius 2 is 2.24 bits per heavy atom. The van der Waals surface area contributed by atoms with E-state index in [2.05, 4.69) is 4.72 Å². The van der Waals surface area contributed by atoms with Crippen LogP contribution in [0.1, 0.15) is 24.0 Å². The van der Waals surface area contributed by atoms with Crippen molar-refractivity contribution >= 4 is 16.2 Å². The van der Waals surface area contributed by atoms with Gasteiger partial charge in [-0.25, -0.2) is 0 Å². The van der Waals surface area contributed by atoms with E-state index in [-0.39, 0.29) is 13.1 Å². The van der Waals surface area contributed by atoms with Crippen LogP contribution >= 0.6 is 0 Å². The number of benzene rings is 1. The van der Waals surface area contributed by atoms with Crippen molar-refractivity contribution in [3.8, 4) is 0 Å². The minimum Gasteiger partial charge on any atom is -0.481 e. The Balaban J connectivity index is 1.99. The molecule has 0 saturated carbocycles. The highest BCUT2D eigenvalue weighted by Crippen LogP contribution is 2.19. The summed E-state index contributed by atoms with van der Waals surface area (Å²) in [5.41, 5.74) is 1.95. The summed E-state index contributed by atoms with van der Waals surface area (Å²) in [6.45, 7) is 2.56. The van der Waals surface area contributed by atoms with Gasteiger partial charge in [0.25, 0.3) is 10.2 Å². The molecule has 6 nitrogen and oxygen atoms in total. The van der Waals surface area contributed by atoms with Crippen LogP contribution in [-0.2, 0) is 21.5 Å². The Kier molecular flexibility index (Phi) is 4.97. The molecule has 1 aromatic rings. The van der Waals surface area contributed by atoms with E-state index in [0.717, 1.165) is 11.1 Å². The fourth-order valence-electron chi connectivity index (χ4n) is 2.45. The van der Waals surface area contributed by atoms with E-state index in [0.29, 0.717) is 19.4 Å². The van der Waals surface area contributed by atoms with E-state index < -0.39 is 22.1 Å². The number of aliphatic carboxylic acids is 1. The fourth-order valence-corrected chi connectivity index (χ4v) is 3.73. The molecule has 0 bridgehead atoms. The predicted octanol–water partition coefficient (Wildman–Crippen LogP) is 1.13. The molecule has 1 unspecified atom stereocenters. The molecule has 0 amide bonds. The van der Waals surface area contributed by atoms with Crippen LogP contribution < -0.4 is 4.72 Å². The Hall–Kier alpha value is -1.44. The van der Waals surface area contributed by atoms with Crippen LogP contribution in [0.25, 0.3) is 0 Å². The van der Waals surface area contributed by atoms with Crippen molar-refractivity contribution in [2.24, 2.45) is 5.92 Å². The Morgan fingerprint density at radius 1 is 1.48 bits per heavy atom. The number of rotatable bonds is 5. The minimum absolute atomic E-state index is 0.0402. The molecule has 116 valence electrons. The molecule has 1 aliphatic heterocycles. The number of carbonyl (C=O) groups is 1. The van der Waals surface area contributed by atoms with Gasteiger partial charge in [-0.2, -0.15) is 17.4 Å².